The number of ether oxygens (including phenoxy) is 1. The topological polar surface area (TPSA) is 26.3 Å². The number of hydrogen-bond donors (Lipinski definition) is 1. The van der Waals surface area contributed by atoms with Crippen LogP contribution in [0.25, 0.3) is 0 Å². The highest BCUT2D eigenvalue weighted by atomic mass is 32.2. The van der Waals surface area contributed by atoms with Crippen molar-refractivity contribution in [1.82, 2.24) is 0 Å². The molecule has 0 heterocycles. The fourth-order valence-electron chi connectivity index (χ4n) is 0.502. The Morgan fingerprint density at radius 3 is 2.82 bits per heavy atom. The van der Waals surface area contributed by atoms with Crippen LogP contribution in [0.5, 0.6) is 0 Å². The fraction of sp³-hybridized carbons (Fsp3) is 0.857. The van der Waals surface area contributed by atoms with Gasteiger partial charge in [0.25, 0.3) is 0 Å². The van der Waals surface area contributed by atoms with Crippen molar-refractivity contribution in [3.05, 3.63) is 0 Å². The third-order valence-electron chi connectivity index (χ3n) is 1.32. The Labute approximate surface area is 77.5 Å². The summed E-state index contributed by atoms with van der Waals surface area (Å²) in [5.41, 5.74) is 0. The molecule has 0 aliphatic carbocycles. The highest BCUT2D eigenvalue weighted by Crippen LogP contribution is 2.08. The molecule has 0 aliphatic heterocycles. The first-order chi connectivity index (χ1) is 5.20. The second-order valence-electron chi connectivity index (χ2n) is 2.21. The van der Waals surface area contributed by atoms with Crippen molar-refractivity contribution in [3.8, 4) is 0 Å². The van der Waals surface area contributed by atoms with Gasteiger partial charge in [0, 0.05) is 5.25 Å². The van der Waals surface area contributed by atoms with E-state index >= 15 is 0 Å². The Morgan fingerprint density at radius 1 is 1.73 bits per heavy atom. The molecule has 0 amide bonds. The molecule has 0 radical (unpaired) electrons. The molecule has 0 aromatic heterocycles. The standard InChI is InChI=1S/C7H14O2S2/c1-6(11-2)3-4-9-7(8)5-10/h6,10H,3-5H2,1-2H3. The normalized spacial score (nSPS) is 12.6. The Morgan fingerprint density at radius 2 is 2.36 bits per heavy atom. The van der Waals surface area contributed by atoms with E-state index < -0.39 is 0 Å². The molecule has 0 bridgehead atoms. The summed E-state index contributed by atoms with van der Waals surface area (Å²) in [5, 5.41) is 0.558. The van der Waals surface area contributed by atoms with Crippen molar-refractivity contribution in [3.63, 3.8) is 0 Å². The highest BCUT2D eigenvalue weighted by Gasteiger charge is 2.01. The molecular formula is C7H14O2S2. The van der Waals surface area contributed by atoms with Gasteiger partial charge in [-0.05, 0) is 12.7 Å². The molecule has 0 saturated carbocycles. The zero-order valence-corrected chi connectivity index (χ0v) is 8.58. The van der Waals surface area contributed by atoms with E-state index in [-0.39, 0.29) is 11.7 Å². The minimum absolute atomic E-state index is 0.174. The second-order valence-corrected chi connectivity index (χ2v) is 3.81. The Balaban J connectivity index is 3.20. The molecule has 1 unspecified atom stereocenters. The molecule has 0 aromatic carbocycles. The van der Waals surface area contributed by atoms with Crippen LogP contribution in [0.1, 0.15) is 13.3 Å². The lowest BCUT2D eigenvalue weighted by atomic mass is 10.3. The summed E-state index contributed by atoms with van der Waals surface area (Å²) in [7, 11) is 0. The summed E-state index contributed by atoms with van der Waals surface area (Å²) < 4.78 is 4.84. The lowest BCUT2D eigenvalue weighted by Gasteiger charge is -2.07. The number of rotatable bonds is 5. The van der Waals surface area contributed by atoms with Gasteiger partial charge in [-0.3, -0.25) is 4.79 Å². The predicted molar refractivity (Wildman–Crippen MR) is 52.4 cm³/mol. The molecule has 0 aliphatic rings. The Kier molecular flexibility index (Phi) is 6.96. The summed E-state index contributed by atoms with van der Waals surface area (Å²) in [5.74, 6) is -0.0603. The van der Waals surface area contributed by atoms with Gasteiger partial charge in [0.15, 0.2) is 0 Å². The lowest BCUT2D eigenvalue weighted by Crippen LogP contribution is -2.10. The third kappa shape index (κ3) is 6.56. The van der Waals surface area contributed by atoms with Crippen LogP contribution in [0.2, 0.25) is 0 Å². The van der Waals surface area contributed by atoms with E-state index in [0.717, 1.165) is 6.42 Å². The number of carbonyl (C=O) groups is 1. The monoisotopic (exact) mass is 194 g/mol. The van der Waals surface area contributed by atoms with Gasteiger partial charge < -0.3 is 4.74 Å². The minimum atomic E-state index is -0.235. The van der Waals surface area contributed by atoms with Crippen molar-refractivity contribution in [2.24, 2.45) is 0 Å². The van der Waals surface area contributed by atoms with Gasteiger partial charge in [-0.2, -0.15) is 24.4 Å². The zero-order chi connectivity index (χ0) is 8.69. The van der Waals surface area contributed by atoms with Gasteiger partial charge in [0.05, 0.1) is 12.4 Å². The van der Waals surface area contributed by atoms with Gasteiger partial charge in [0.2, 0.25) is 0 Å². The summed E-state index contributed by atoms with van der Waals surface area (Å²) in [6, 6.07) is 0. The van der Waals surface area contributed by atoms with Crippen molar-refractivity contribution < 1.29 is 9.53 Å². The average molecular weight is 194 g/mol. The van der Waals surface area contributed by atoms with Crippen molar-refractivity contribution in [1.29, 1.82) is 0 Å². The van der Waals surface area contributed by atoms with Gasteiger partial charge >= 0.3 is 5.97 Å². The van der Waals surface area contributed by atoms with E-state index in [1.54, 1.807) is 11.8 Å². The van der Waals surface area contributed by atoms with E-state index in [1.165, 1.54) is 0 Å². The molecule has 0 saturated heterocycles. The first kappa shape index (κ1) is 11.2. The maximum Gasteiger partial charge on any atom is 0.315 e. The fourth-order valence-corrected chi connectivity index (χ4v) is 0.925. The van der Waals surface area contributed by atoms with Crippen LogP contribution in [0.15, 0.2) is 0 Å². The highest BCUT2D eigenvalue weighted by molar-refractivity contribution is 7.99. The molecule has 0 fully saturated rings. The van der Waals surface area contributed by atoms with Crippen molar-refractivity contribution in [2.75, 3.05) is 18.6 Å². The van der Waals surface area contributed by atoms with Crippen LogP contribution >= 0.6 is 24.4 Å². The molecule has 0 spiro atoms. The first-order valence-corrected chi connectivity index (χ1v) is 5.42. The number of carbonyl (C=O) groups excluding carboxylic acids is 1. The summed E-state index contributed by atoms with van der Waals surface area (Å²) in [6.45, 7) is 2.63. The molecule has 1 atom stereocenters. The van der Waals surface area contributed by atoms with Gasteiger partial charge in [0.1, 0.15) is 0 Å². The smallest absolute Gasteiger partial charge is 0.315 e. The van der Waals surface area contributed by atoms with Crippen LogP contribution in [0.4, 0.5) is 0 Å². The molecular weight excluding hydrogens is 180 g/mol. The van der Waals surface area contributed by atoms with E-state index in [4.69, 9.17) is 4.74 Å². The maximum absolute atomic E-state index is 10.6. The molecule has 0 N–H and O–H groups in total. The van der Waals surface area contributed by atoms with Crippen molar-refractivity contribution in [2.45, 2.75) is 18.6 Å². The van der Waals surface area contributed by atoms with E-state index in [1.807, 2.05) is 6.26 Å². The van der Waals surface area contributed by atoms with Crippen LogP contribution in [-0.4, -0.2) is 29.8 Å². The maximum atomic E-state index is 10.6. The predicted octanol–water partition coefficient (Wildman–Crippen LogP) is 1.60. The van der Waals surface area contributed by atoms with Crippen LogP contribution < -0.4 is 0 Å². The molecule has 0 aromatic rings. The largest absolute Gasteiger partial charge is 0.465 e. The van der Waals surface area contributed by atoms with Crippen molar-refractivity contribution >= 4 is 30.4 Å². The quantitative estimate of drug-likeness (QED) is 0.532. The van der Waals surface area contributed by atoms with Crippen LogP contribution in [0, 0.1) is 0 Å². The minimum Gasteiger partial charge on any atom is -0.465 e. The summed E-state index contributed by atoms with van der Waals surface area (Å²) in [6.07, 6.45) is 2.96. The van der Waals surface area contributed by atoms with E-state index in [2.05, 4.69) is 19.6 Å². The number of thiol groups is 1. The number of hydrogen-bond acceptors (Lipinski definition) is 4. The Bertz CT molecular complexity index is 117. The molecule has 11 heavy (non-hydrogen) atoms. The third-order valence-corrected chi connectivity index (χ3v) is 2.62. The molecule has 4 heteroatoms. The zero-order valence-electron chi connectivity index (χ0n) is 6.87. The van der Waals surface area contributed by atoms with Gasteiger partial charge in [-0.25, -0.2) is 0 Å². The first-order valence-electron chi connectivity index (χ1n) is 3.50. The molecule has 66 valence electrons. The summed E-state index contributed by atoms with van der Waals surface area (Å²) in [4.78, 5) is 10.6. The van der Waals surface area contributed by atoms with E-state index in [0.29, 0.717) is 11.9 Å². The van der Waals surface area contributed by atoms with Crippen LogP contribution in [0.3, 0.4) is 0 Å². The van der Waals surface area contributed by atoms with Crippen LogP contribution in [-0.2, 0) is 9.53 Å². The van der Waals surface area contributed by atoms with Gasteiger partial charge in [-0.15, -0.1) is 0 Å². The molecule has 0 rings (SSSR count). The number of thioether (sulfide) groups is 1. The average Bonchev–Trinajstić information content (AvgIpc) is 2.04. The SMILES string of the molecule is CSC(C)CCOC(=O)CS. The molecule has 2 nitrogen and oxygen atoms in total. The number of esters is 1. The second kappa shape index (κ2) is 6.85. The summed E-state index contributed by atoms with van der Waals surface area (Å²) >= 11 is 5.56. The van der Waals surface area contributed by atoms with Gasteiger partial charge in [-0.1, -0.05) is 6.92 Å². The van der Waals surface area contributed by atoms with E-state index in [9.17, 15) is 4.79 Å². The lowest BCUT2D eigenvalue weighted by molar-refractivity contribution is -0.140. The Hall–Kier alpha value is 0.170.